The van der Waals surface area contributed by atoms with Gasteiger partial charge in [0.15, 0.2) is 0 Å². The topological polar surface area (TPSA) is 42.4 Å². The number of likely N-dealkylation sites (tertiary alicyclic amines) is 1. The van der Waals surface area contributed by atoms with Gasteiger partial charge in [-0.3, -0.25) is 4.90 Å². The molecule has 0 N–H and O–H groups in total. The number of pyridine rings is 1. The number of hydrogen-bond acceptors (Lipinski definition) is 4. The molecule has 18 heavy (non-hydrogen) atoms. The fourth-order valence-corrected chi connectivity index (χ4v) is 2.48. The van der Waals surface area contributed by atoms with Crippen LogP contribution in [0.4, 0.5) is 0 Å². The molecule has 0 unspecified atom stereocenters. The van der Waals surface area contributed by atoms with Crippen molar-refractivity contribution in [1.82, 2.24) is 9.88 Å². The SMILES string of the molecule is COC(=O)c1cc(CN2CCC[C@@H](C)C2)ccn1. The predicted molar refractivity (Wildman–Crippen MR) is 69.3 cm³/mol. The van der Waals surface area contributed by atoms with Crippen molar-refractivity contribution in [3.8, 4) is 0 Å². The lowest BCUT2D eigenvalue weighted by Gasteiger charge is -2.30. The molecule has 0 amide bonds. The lowest BCUT2D eigenvalue weighted by Crippen LogP contribution is -2.33. The Bertz CT molecular complexity index is 420. The van der Waals surface area contributed by atoms with E-state index in [1.54, 1.807) is 6.20 Å². The molecule has 1 aromatic heterocycles. The number of piperidine rings is 1. The molecular formula is C14H20N2O2. The molecule has 2 heterocycles. The first-order chi connectivity index (χ1) is 8.69. The highest BCUT2D eigenvalue weighted by Crippen LogP contribution is 2.17. The van der Waals surface area contributed by atoms with Crippen molar-refractivity contribution < 1.29 is 9.53 Å². The maximum absolute atomic E-state index is 11.4. The van der Waals surface area contributed by atoms with Gasteiger partial charge in [0.05, 0.1) is 7.11 Å². The minimum Gasteiger partial charge on any atom is -0.464 e. The van der Waals surface area contributed by atoms with E-state index in [2.05, 4.69) is 21.5 Å². The summed E-state index contributed by atoms with van der Waals surface area (Å²) in [5.41, 5.74) is 1.51. The van der Waals surface area contributed by atoms with E-state index in [1.165, 1.54) is 20.0 Å². The van der Waals surface area contributed by atoms with Gasteiger partial charge >= 0.3 is 5.97 Å². The average molecular weight is 248 g/mol. The number of hydrogen-bond donors (Lipinski definition) is 0. The van der Waals surface area contributed by atoms with Crippen molar-refractivity contribution in [2.45, 2.75) is 26.3 Å². The monoisotopic (exact) mass is 248 g/mol. The zero-order valence-electron chi connectivity index (χ0n) is 11.1. The number of aromatic nitrogens is 1. The van der Waals surface area contributed by atoms with E-state index in [4.69, 9.17) is 0 Å². The van der Waals surface area contributed by atoms with Crippen molar-refractivity contribution in [3.63, 3.8) is 0 Å². The maximum Gasteiger partial charge on any atom is 0.356 e. The second-order valence-corrected chi connectivity index (χ2v) is 5.02. The highest BCUT2D eigenvalue weighted by molar-refractivity contribution is 5.87. The van der Waals surface area contributed by atoms with Crippen LogP contribution < -0.4 is 0 Å². The summed E-state index contributed by atoms with van der Waals surface area (Å²) in [6.45, 7) is 5.45. The molecule has 0 aromatic carbocycles. The molecule has 4 nitrogen and oxygen atoms in total. The Hall–Kier alpha value is -1.42. The van der Waals surface area contributed by atoms with Gasteiger partial charge < -0.3 is 4.74 Å². The zero-order chi connectivity index (χ0) is 13.0. The fourth-order valence-electron chi connectivity index (χ4n) is 2.48. The van der Waals surface area contributed by atoms with E-state index in [0.29, 0.717) is 5.69 Å². The summed E-state index contributed by atoms with van der Waals surface area (Å²) in [6.07, 6.45) is 4.26. The van der Waals surface area contributed by atoms with Crippen molar-refractivity contribution in [1.29, 1.82) is 0 Å². The van der Waals surface area contributed by atoms with Crippen LogP contribution in [0.5, 0.6) is 0 Å². The number of carbonyl (C=O) groups is 1. The number of rotatable bonds is 3. The normalized spacial score (nSPS) is 20.7. The molecule has 1 aromatic rings. The lowest BCUT2D eigenvalue weighted by molar-refractivity contribution is 0.0593. The summed E-state index contributed by atoms with van der Waals surface area (Å²) in [4.78, 5) is 17.9. The van der Waals surface area contributed by atoms with Crippen LogP contribution in [0.2, 0.25) is 0 Å². The van der Waals surface area contributed by atoms with Gasteiger partial charge in [0, 0.05) is 19.3 Å². The largest absolute Gasteiger partial charge is 0.464 e. The first-order valence-corrected chi connectivity index (χ1v) is 6.44. The molecule has 0 aliphatic carbocycles. The third-order valence-corrected chi connectivity index (χ3v) is 3.37. The van der Waals surface area contributed by atoms with Crippen molar-refractivity contribution in [3.05, 3.63) is 29.6 Å². The quantitative estimate of drug-likeness (QED) is 0.768. The van der Waals surface area contributed by atoms with Gasteiger partial charge in [-0.1, -0.05) is 6.92 Å². The van der Waals surface area contributed by atoms with Crippen LogP contribution in [-0.4, -0.2) is 36.1 Å². The number of esters is 1. The molecular weight excluding hydrogens is 228 g/mol. The smallest absolute Gasteiger partial charge is 0.356 e. The Labute approximate surface area is 108 Å². The predicted octanol–water partition coefficient (Wildman–Crippen LogP) is 2.10. The van der Waals surface area contributed by atoms with E-state index in [1.807, 2.05) is 12.1 Å². The number of carbonyl (C=O) groups excluding carboxylic acids is 1. The fraction of sp³-hybridized carbons (Fsp3) is 0.571. The van der Waals surface area contributed by atoms with E-state index in [-0.39, 0.29) is 5.97 Å². The van der Waals surface area contributed by atoms with Crippen molar-refractivity contribution in [2.75, 3.05) is 20.2 Å². The van der Waals surface area contributed by atoms with Crippen LogP contribution in [0, 0.1) is 5.92 Å². The van der Waals surface area contributed by atoms with Crippen LogP contribution in [-0.2, 0) is 11.3 Å². The summed E-state index contributed by atoms with van der Waals surface area (Å²) < 4.78 is 4.68. The Morgan fingerprint density at radius 2 is 2.44 bits per heavy atom. The van der Waals surface area contributed by atoms with Gasteiger partial charge in [-0.05, 0) is 43.0 Å². The number of nitrogens with zero attached hydrogens (tertiary/aromatic N) is 2. The molecule has 4 heteroatoms. The Balaban J connectivity index is 2.02. The van der Waals surface area contributed by atoms with Crippen LogP contribution in [0.3, 0.4) is 0 Å². The zero-order valence-corrected chi connectivity index (χ0v) is 11.1. The standard InChI is InChI=1S/C14H20N2O2/c1-11-4-3-7-16(9-11)10-12-5-6-15-13(8-12)14(17)18-2/h5-6,8,11H,3-4,7,9-10H2,1-2H3/t11-/m1/s1. The summed E-state index contributed by atoms with van der Waals surface area (Å²) >= 11 is 0. The Morgan fingerprint density at radius 1 is 1.61 bits per heavy atom. The minimum absolute atomic E-state index is 0.371. The van der Waals surface area contributed by atoms with Crippen LogP contribution >= 0.6 is 0 Å². The highest BCUT2D eigenvalue weighted by atomic mass is 16.5. The van der Waals surface area contributed by atoms with Gasteiger partial charge in [0.25, 0.3) is 0 Å². The maximum atomic E-state index is 11.4. The lowest BCUT2D eigenvalue weighted by atomic mass is 10.00. The summed E-state index contributed by atoms with van der Waals surface area (Å²) in [6, 6.07) is 3.79. The first kappa shape index (κ1) is 13.0. The summed E-state index contributed by atoms with van der Waals surface area (Å²) in [5.74, 6) is 0.393. The third-order valence-electron chi connectivity index (χ3n) is 3.37. The van der Waals surface area contributed by atoms with E-state index < -0.39 is 0 Å². The second-order valence-electron chi connectivity index (χ2n) is 5.02. The molecule has 2 rings (SSSR count). The second kappa shape index (κ2) is 5.96. The van der Waals surface area contributed by atoms with Gasteiger partial charge in [-0.15, -0.1) is 0 Å². The minimum atomic E-state index is -0.371. The van der Waals surface area contributed by atoms with Crippen molar-refractivity contribution in [2.24, 2.45) is 5.92 Å². The molecule has 0 bridgehead atoms. The number of methoxy groups -OCH3 is 1. The highest BCUT2D eigenvalue weighted by Gasteiger charge is 2.17. The molecule has 98 valence electrons. The molecule has 0 saturated carbocycles. The molecule has 1 aliphatic heterocycles. The third kappa shape index (κ3) is 3.29. The average Bonchev–Trinajstić information content (AvgIpc) is 2.38. The van der Waals surface area contributed by atoms with E-state index in [0.717, 1.165) is 31.1 Å². The van der Waals surface area contributed by atoms with E-state index >= 15 is 0 Å². The van der Waals surface area contributed by atoms with Crippen molar-refractivity contribution >= 4 is 5.97 Å². The van der Waals surface area contributed by atoms with E-state index in [9.17, 15) is 4.79 Å². The molecule has 0 spiro atoms. The van der Waals surface area contributed by atoms with Crippen LogP contribution in [0.15, 0.2) is 18.3 Å². The van der Waals surface area contributed by atoms with Gasteiger partial charge in [-0.25, -0.2) is 9.78 Å². The summed E-state index contributed by atoms with van der Waals surface area (Å²) in [5, 5.41) is 0. The Morgan fingerprint density at radius 3 is 3.17 bits per heavy atom. The molecule has 0 radical (unpaired) electrons. The van der Waals surface area contributed by atoms with Gasteiger partial charge in [0.1, 0.15) is 5.69 Å². The first-order valence-electron chi connectivity index (χ1n) is 6.44. The molecule has 1 aliphatic rings. The van der Waals surface area contributed by atoms with Crippen LogP contribution in [0.25, 0.3) is 0 Å². The molecule has 1 atom stereocenters. The molecule has 1 fully saturated rings. The van der Waals surface area contributed by atoms with Gasteiger partial charge in [0.2, 0.25) is 0 Å². The summed E-state index contributed by atoms with van der Waals surface area (Å²) in [7, 11) is 1.38. The molecule has 1 saturated heterocycles. The van der Waals surface area contributed by atoms with Crippen LogP contribution in [0.1, 0.15) is 35.8 Å². The van der Waals surface area contributed by atoms with Gasteiger partial charge in [-0.2, -0.15) is 0 Å². The number of ether oxygens (including phenoxy) is 1. The Kier molecular flexibility index (Phi) is 4.31.